The number of carboxylic acid groups (broad SMARTS) is 1. The lowest BCUT2D eigenvalue weighted by Crippen LogP contribution is -2.48. The van der Waals surface area contributed by atoms with E-state index in [-0.39, 0.29) is 0 Å². The number of methoxy groups -OCH3 is 1. The fourth-order valence-electron chi connectivity index (χ4n) is 3.89. The maximum atomic E-state index is 12.2. The highest BCUT2D eigenvalue weighted by Gasteiger charge is 2.32. The SMILES string of the molecule is COc1ccc2[nH]cc([C@H](C(=O)O)N3CCN(Cc4cccnc4)CC3)c2c1. The summed E-state index contributed by atoms with van der Waals surface area (Å²) in [5.41, 5.74) is 2.87. The highest BCUT2D eigenvalue weighted by Crippen LogP contribution is 2.31. The molecule has 1 aliphatic rings. The number of benzene rings is 1. The number of nitrogens with zero attached hydrogens (tertiary/aromatic N) is 3. The topological polar surface area (TPSA) is 81.7 Å². The van der Waals surface area contributed by atoms with Gasteiger partial charge in [0.25, 0.3) is 0 Å². The van der Waals surface area contributed by atoms with Gasteiger partial charge >= 0.3 is 5.97 Å². The van der Waals surface area contributed by atoms with Gasteiger partial charge in [-0.3, -0.25) is 19.6 Å². The van der Waals surface area contributed by atoms with Gasteiger partial charge in [-0.15, -0.1) is 0 Å². The van der Waals surface area contributed by atoms with Crippen molar-refractivity contribution in [3.05, 3.63) is 60.0 Å². The molecule has 0 unspecified atom stereocenters. The summed E-state index contributed by atoms with van der Waals surface area (Å²) in [6, 6.07) is 9.02. The van der Waals surface area contributed by atoms with Crippen LogP contribution in [-0.2, 0) is 11.3 Å². The summed E-state index contributed by atoms with van der Waals surface area (Å²) >= 11 is 0. The first-order valence-corrected chi connectivity index (χ1v) is 9.39. The lowest BCUT2D eigenvalue weighted by atomic mass is 10.0. The van der Waals surface area contributed by atoms with Gasteiger partial charge in [-0.1, -0.05) is 6.07 Å². The number of ether oxygens (including phenoxy) is 1. The molecular formula is C21H24N4O3. The van der Waals surface area contributed by atoms with Gasteiger partial charge in [-0.05, 0) is 29.8 Å². The van der Waals surface area contributed by atoms with Gasteiger partial charge in [0.05, 0.1) is 7.11 Å². The maximum Gasteiger partial charge on any atom is 0.325 e. The van der Waals surface area contributed by atoms with Crippen LogP contribution in [-0.4, -0.2) is 64.1 Å². The van der Waals surface area contributed by atoms with Crippen molar-refractivity contribution >= 4 is 16.9 Å². The van der Waals surface area contributed by atoms with Gasteiger partial charge < -0.3 is 14.8 Å². The van der Waals surface area contributed by atoms with Gasteiger partial charge in [0.2, 0.25) is 0 Å². The number of H-pyrrole nitrogens is 1. The summed E-state index contributed by atoms with van der Waals surface area (Å²) in [6.07, 6.45) is 5.46. The molecule has 1 aliphatic heterocycles. The number of aromatic nitrogens is 2. The summed E-state index contributed by atoms with van der Waals surface area (Å²) in [5, 5.41) is 10.9. The van der Waals surface area contributed by atoms with E-state index < -0.39 is 12.0 Å². The Morgan fingerprint density at radius 1 is 1.29 bits per heavy atom. The molecule has 7 nitrogen and oxygen atoms in total. The molecule has 0 amide bonds. The van der Waals surface area contributed by atoms with Crippen LogP contribution in [0.25, 0.3) is 10.9 Å². The van der Waals surface area contributed by atoms with Crippen LogP contribution >= 0.6 is 0 Å². The summed E-state index contributed by atoms with van der Waals surface area (Å²) in [7, 11) is 1.61. The van der Waals surface area contributed by atoms with Crippen molar-refractivity contribution < 1.29 is 14.6 Å². The third-order valence-corrected chi connectivity index (χ3v) is 5.35. The zero-order valence-electron chi connectivity index (χ0n) is 15.8. The van der Waals surface area contributed by atoms with Crippen LogP contribution in [0.4, 0.5) is 0 Å². The van der Waals surface area contributed by atoms with Crippen LogP contribution in [0, 0.1) is 0 Å². The number of aromatic amines is 1. The van der Waals surface area contributed by atoms with E-state index >= 15 is 0 Å². The largest absolute Gasteiger partial charge is 0.497 e. The fraction of sp³-hybridized carbons (Fsp3) is 0.333. The molecule has 7 heteroatoms. The van der Waals surface area contributed by atoms with E-state index in [1.165, 1.54) is 5.56 Å². The minimum atomic E-state index is -0.829. The van der Waals surface area contributed by atoms with Crippen LogP contribution in [0.3, 0.4) is 0 Å². The van der Waals surface area contributed by atoms with E-state index in [2.05, 4.69) is 20.9 Å². The number of carboxylic acids is 1. The van der Waals surface area contributed by atoms with E-state index in [0.29, 0.717) is 13.1 Å². The van der Waals surface area contributed by atoms with Crippen molar-refractivity contribution in [1.29, 1.82) is 0 Å². The summed E-state index contributed by atoms with van der Waals surface area (Å²) in [5.74, 6) is -0.108. The molecule has 0 aliphatic carbocycles. The molecule has 0 bridgehead atoms. The van der Waals surface area contributed by atoms with Crippen molar-refractivity contribution in [1.82, 2.24) is 19.8 Å². The number of hydrogen-bond acceptors (Lipinski definition) is 5. The Balaban J connectivity index is 1.51. The second-order valence-electron chi connectivity index (χ2n) is 7.07. The molecule has 2 N–H and O–H groups in total. The molecule has 1 aromatic carbocycles. The van der Waals surface area contributed by atoms with Crippen LogP contribution in [0.5, 0.6) is 5.75 Å². The molecule has 3 heterocycles. The van der Waals surface area contributed by atoms with Crippen LogP contribution in [0.1, 0.15) is 17.2 Å². The lowest BCUT2D eigenvalue weighted by molar-refractivity contribution is -0.144. The molecule has 146 valence electrons. The average Bonchev–Trinajstić information content (AvgIpc) is 3.13. The summed E-state index contributed by atoms with van der Waals surface area (Å²) in [4.78, 5) is 23.9. The molecule has 0 saturated carbocycles. The lowest BCUT2D eigenvalue weighted by Gasteiger charge is -2.37. The fourth-order valence-corrected chi connectivity index (χ4v) is 3.89. The van der Waals surface area contributed by atoms with E-state index in [4.69, 9.17) is 4.74 Å². The normalized spacial score (nSPS) is 16.9. The quantitative estimate of drug-likeness (QED) is 0.684. The van der Waals surface area contributed by atoms with Crippen molar-refractivity contribution in [2.45, 2.75) is 12.6 Å². The first-order valence-electron chi connectivity index (χ1n) is 9.39. The number of pyridine rings is 1. The van der Waals surface area contributed by atoms with E-state index in [1.807, 2.05) is 41.6 Å². The van der Waals surface area contributed by atoms with Gasteiger partial charge in [-0.25, -0.2) is 0 Å². The van der Waals surface area contributed by atoms with E-state index in [9.17, 15) is 9.90 Å². The number of nitrogens with one attached hydrogen (secondary N) is 1. The Labute approximate surface area is 163 Å². The highest BCUT2D eigenvalue weighted by molar-refractivity contribution is 5.90. The molecule has 2 aromatic heterocycles. The monoisotopic (exact) mass is 380 g/mol. The second-order valence-corrected chi connectivity index (χ2v) is 7.07. The predicted molar refractivity (Wildman–Crippen MR) is 106 cm³/mol. The maximum absolute atomic E-state index is 12.2. The third-order valence-electron chi connectivity index (χ3n) is 5.35. The number of hydrogen-bond donors (Lipinski definition) is 2. The number of rotatable bonds is 6. The molecule has 1 atom stereocenters. The summed E-state index contributed by atoms with van der Waals surface area (Å²) in [6.45, 7) is 3.89. The molecule has 3 aromatic rings. The number of fused-ring (bicyclic) bond motifs is 1. The second kappa shape index (κ2) is 8.00. The minimum absolute atomic E-state index is 0.679. The van der Waals surface area contributed by atoms with Crippen molar-refractivity contribution in [3.63, 3.8) is 0 Å². The average molecular weight is 380 g/mol. The number of carbonyl (C=O) groups is 1. The first-order chi connectivity index (χ1) is 13.7. The van der Waals surface area contributed by atoms with Gasteiger partial charge in [0.15, 0.2) is 0 Å². The molecule has 0 radical (unpaired) electrons. The first kappa shape index (κ1) is 18.5. The Morgan fingerprint density at radius 3 is 2.79 bits per heavy atom. The van der Waals surface area contributed by atoms with Crippen molar-refractivity contribution in [2.24, 2.45) is 0 Å². The van der Waals surface area contributed by atoms with E-state index in [1.54, 1.807) is 13.3 Å². The molecule has 1 fully saturated rings. The van der Waals surface area contributed by atoms with Crippen LogP contribution in [0.15, 0.2) is 48.9 Å². The van der Waals surface area contributed by atoms with E-state index in [0.717, 1.165) is 41.9 Å². The Morgan fingerprint density at radius 2 is 2.11 bits per heavy atom. The smallest absolute Gasteiger partial charge is 0.325 e. The standard InChI is InChI=1S/C21H24N4O3/c1-28-16-4-5-19-17(11-16)18(13-23-19)20(21(26)27)25-9-7-24(8-10-25)14-15-3-2-6-22-12-15/h2-6,11-13,20,23H,7-10,14H2,1H3,(H,26,27)/t20-/m1/s1. The van der Waals surface area contributed by atoms with Gasteiger partial charge in [0, 0.05) is 67.8 Å². The van der Waals surface area contributed by atoms with Crippen molar-refractivity contribution in [2.75, 3.05) is 33.3 Å². The minimum Gasteiger partial charge on any atom is -0.497 e. The predicted octanol–water partition coefficient (Wildman–Crippen LogP) is 2.52. The number of piperazine rings is 1. The molecule has 1 saturated heterocycles. The number of aliphatic carboxylic acids is 1. The molecular weight excluding hydrogens is 356 g/mol. The van der Waals surface area contributed by atoms with Crippen molar-refractivity contribution in [3.8, 4) is 5.75 Å². The van der Waals surface area contributed by atoms with Gasteiger partial charge in [0.1, 0.15) is 11.8 Å². The molecule has 0 spiro atoms. The molecule has 4 rings (SSSR count). The highest BCUT2D eigenvalue weighted by atomic mass is 16.5. The summed E-state index contributed by atoms with van der Waals surface area (Å²) < 4.78 is 5.32. The Kier molecular flexibility index (Phi) is 5.27. The third kappa shape index (κ3) is 3.72. The van der Waals surface area contributed by atoms with Crippen LogP contribution in [0.2, 0.25) is 0 Å². The van der Waals surface area contributed by atoms with Gasteiger partial charge in [-0.2, -0.15) is 0 Å². The van der Waals surface area contributed by atoms with Crippen LogP contribution < -0.4 is 4.74 Å². The zero-order chi connectivity index (χ0) is 19.5. The Bertz CT molecular complexity index is 949. The zero-order valence-corrected chi connectivity index (χ0v) is 15.8. The Hall–Kier alpha value is -2.90. The molecule has 28 heavy (non-hydrogen) atoms.